The van der Waals surface area contributed by atoms with Crippen LogP contribution in [-0.2, 0) is 6.42 Å². The van der Waals surface area contributed by atoms with E-state index in [9.17, 15) is 0 Å². The van der Waals surface area contributed by atoms with E-state index in [0.29, 0.717) is 0 Å². The SMILES string of the molecule is CCN(CC)CCc1c[nH]c2cc(Cl)ccc12. The zero-order valence-corrected chi connectivity index (χ0v) is 11.2. The molecule has 3 heteroatoms. The first-order valence-corrected chi connectivity index (χ1v) is 6.60. The van der Waals surface area contributed by atoms with Gasteiger partial charge in [0.15, 0.2) is 0 Å². The molecule has 0 unspecified atom stereocenters. The maximum Gasteiger partial charge on any atom is 0.0471 e. The van der Waals surface area contributed by atoms with Gasteiger partial charge < -0.3 is 9.88 Å². The Hall–Kier alpha value is -0.990. The lowest BCUT2D eigenvalue weighted by molar-refractivity contribution is 0.308. The van der Waals surface area contributed by atoms with Crippen LogP contribution < -0.4 is 0 Å². The highest BCUT2D eigenvalue weighted by atomic mass is 35.5. The molecule has 0 atom stereocenters. The van der Waals surface area contributed by atoms with Crippen molar-refractivity contribution >= 4 is 22.5 Å². The fourth-order valence-corrected chi connectivity index (χ4v) is 2.36. The molecular weight excluding hydrogens is 232 g/mol. The first-order valence-electron chi connectivity index (χ1n) is 6.22. The number of nitrogens with zero attached hydrogens (tertiary/aromatic N) is 1. The van der Waals surface area contributed by atoms with Crippen molar-refractivity contribution in [3.8, 4) is 0 Å². The van der Waals surface area contributed by atoms with Crippen molar-refractivity contribution < 1.29 is 0 Å². The van der Waals surface area contributed by atoms with Gasteiger partial charge in [-0.05, 0) is 37.2 Å². The standard InChI is InChI=1S/C14H19ClN2/c1-3-17(4-2)8-7-11-10-16-14-9-12(15)5-6-13(11)14/h5-6,9-10,16H,3-4,7-8H2,1-2H3. The van der Waals surface area contributed by atoms with Crippen LogP contribution >= 0.6 is 11.6 Å². The normalized spacial score (nSPS) is 11.5. The maximum absolute atomic E-state index is 5.97. The molecule has 2 rings (SSSR count). The van der Waals surface area contributed by atoms with E-state index in [1.165, 1.54) is 10.9 Å². The molecule has 0 spiro atoms. The van der Waals surface area contributed by atoms with E-state index in [0.717, 1.165) is 36.6 Å². The van der Waals surface area contributed by atoms with Crippen LogP contribution in [0.2, 0.25) is 5.02 Å². The second kappa shape index (κ2) is 5.56. The van der Waals surface area contributed by atoms with Gasteiger partial charge in [-0.2, -0.15) is 0 Å². The van der Waals surface area contributed by atoms with E-state index < -0.39 is 0 Å². The summed E-state index contributed by atoms with van der Waals surface area (Å²) in [5, 5.41) is 2.08. The fourth-order valence-electron chi connectivity index (χ4n) is 2.18. The number of aromatic amines is 1. The van der Waals surface area contributed by atoms with Crippen LogP contribution in [0.5, 0.6) is 0 Å². The summed E-state index contributed by atoms with van der Waals surface area (Å²) >= 11 is 5.97. The van der Waals surface area contributed by atoms with Gasteiger partial charge >= 0.3 is 0 Å². The summed E-state index contributed by atoms with van der Waals surface area (Å²) in [4.78, 5) is 5.73. The number of benzene rings is 1. The van der Waals surface area contributed by atoms with Gasteiger partial charge in [0, 0.05) is 28.7 Å². The summed E-state index contributed by atoms with van der Waals surface area (Å²) < 4.78 is 0. The minimum Gasteiger partial charge on any atom is -0.361 e. The van der Waals surface area contributed by atoms with Crippen LogP contribution in [0.15, 0.2) is 24.4 Å². The van der Waals surface area contributed by atoms with Gasteiger partial charge in [0.25, 0.3) is 0 Å². The molecule has 1 N–H and O–H groups in total. The molecule has 2 nitrogen and oxygen atoms in total. The molecule has 17 heavy (non-hydrogen) atoms. The lowest BCUT2D eigenvalue weighted by Gasteiger charge is -2.17. The molecule has 0 fully saturated rings. The van der Waals surface area contributed by atoms with Crippen LogP contribution in [0, 0.1) is 0 Å². The predicted molar refractivity (Wildman–Crippen MR) is 74.8 cm³/mol. The van der Waals surface area contributed by atoms with E-state index in [1.54, 1.807) is 0 Å². The van der Waals surface area contributed by atoms with Gasteiger partial charge in [-0.15, -0.1) is 0 Å². The van der Waals surface area contributed by atoms with Gasteiger partial charge in [0.2, 0.25) is 0 Å². The zero-order valence-electron chi connectivity index (χ0n) is 10.5. The number of hydrogen-bond donors (Lipinski definition) is 1. The van der Waals surface area contributed by atoms with Gasteiger partial charge in [-0.1, -0.05) is 31.5 Å². The molecule has 92 valence electrons. The molecule has 0 aliphatic rings. The van der Waals surface area contributed by atoms with E-state index in [-0.39, 0.29) is 0 Å². The van der Waals surface area contributed by atoms with Crippen molar-refractivity contribution in [2.45, 2.75) is 20.3 Å². The third-order valence-electron chi connectivity index (χ3n) is 3.32. The smallest absolute Gasteiger partial charge is 0.0471 e. The fraction of sp³-hybridized carbons (Fsp3) is 0.429. The van der Waals surface area contributed by atoms with Gasteiger partial charge in [0.1, 0.15) is 0 Å². The van der Waals surface area contributed by atoms with E-state index in [2.05, 4.69) is 36.0 Å². The highest BCUT2D eigenvalue weighted by Gasteiger charge is 2.06. The zero-order chi connectivity index (χ0) is 12.3. The van der Waals surface area contributed by atoms with Crippen molar-refractivity contribution in [2.75, 3.05) is 19.6 Å². The van der Waals surface area contributed by atoms with Crippen LogP contribution in [0.1, 0.15) is 19.4 Å². The van der Waals surface area contributed by atoms with Crippen LogP contribution in [0.4, 0.5) is 0 Å². The molecule has 1 aromatic carbocycles. The topological polar surface area (TPSA) is 19.0 Å². The lowest BCUT2D eigenvalue weighted by Crippen LogP contribution is -2.25. The summed E-state index contributed by atoms with van der Waals surface area (Å²) in [5.74, 6) is 0. The Labute approximate surface area is 108 Å². The van der Waals surface area contributed by atoms with Crippen LogP contribution in [0.25, 0.3) is 10.9 Å². The first-order chi connectivity index (χ1) is 8.24. The summed E-state index contributed by atoms with van der Waals surface area (Å²) in [6, 6.07) is 6.04. The van der Waals surface area contributed by atoms with Crippen molar-refractivity contribution in [3.05, 3.63) is 35.0 Å². The molecular formula is C14H19ClN2. The van der Waals surface area contributed by atoms with Crippen LogP contribution in [0.3, 0.4) is 0 Å². The molecule has 2 aromatic rings. The molecule has 0 saturated heterocycles. The Balaban J connectivity index is 2.14. The minimum atomic E-state index is 0.787. The molecule has 0 aliphatic carbocycles. The lowest BCUT2D eigenvalue weighted by atomic mass is 10.1. The van der Waals surface area contributed by atoms with E-state index in [4.69, 9.17) is 11.6 Å². The Morgan fingerprint density at radius 3 is 2.71 bits per heavy atom. The molecule has 0 radical (unpaired) electrons. The average molecular weight is 251 g/mol. The number of halogens is 1. The number of fused-ring (bicyclic) bond motifs is 1. The second-order valence-corrected chi connectivity index (χ2v) is 4.72. The summed E-state index contributed by atoms with van der Waals surface area (Å²) in [7, 11) is 0. The largest absolute Gasteiger partial charge is 0.361 e. The van der Waals surface area contributed by atoms with Gasteiger partial charge in [-0.3, -0.25) is 0 Å². The first kappa shape index (κ1) is 12.5. The van der Waals surface area contributed by atoms with Crippen molar-refractivity contribution in [1.29, 1.82) is 0 Å². The Kier molecular flexibility index (Phi) is 4.08. The maximum atomic E-state index is 5.97. The Morgan fingerprint density at radius 2 is 2.00 bits per heavy atom. The minimum absolute atomic E-state index is 0.787. The predicted octanol–water partition coefficient (Wildman–Crippen LogP) is 3.71. The summed E-state index contributed by atoms with van der Waals surface area (Å²) in [6.45, 7) is 7.76. The third kappa shape index (κ3) is 2.82. The number of rotatable bonds is 5. The van der Waals surface area contributed by atoms with Gasteiger partial charge in [-0.25, -0.2) is 0 Å². The molecule has 0 bridgehead atoms. The number of hydrogen-bond acceptors (Lipinski definition) is 1. The van der Waals surface area contributed by atoms with Crippen molar-refractivity contribution in [1.82, 2.24) is 9.88 Å². The number of aromatic nitrogens is 1. The number of likely N-dealkylation sites (N-methyl/N-ethyl adjacent to an activating group) is 1. The Bertz CT molecular complexity index is 486. The molecule has 0 amide bonds. The molecule has 0 saturated carbocycles. The Morgan fingerprint density at radius 1 is 1.24 bits per heavy atom. The second-order valence-electron chi connectivity index (χ2n) is 4.28. The highest BCUT2D eigenvalue weighted by Crippen LogP contribution is 2.22. The quantitative estimate of drug-likeness (QED) is 0.857. The van der Waals surface area contributed by atoms with Crippen molar-refractivity contribution in [3.63, 3.8) is 0 Å². The van der Waals surface area contributed by atoms with Crippen LogP contribution in [-0.4, -0.2) is 29.5 Å². The van der Waals surface area contributed by atoms with Crippen molar-refractivity contribution in [2.24, 2.45) is 0 Å². The summed E-state index contributed by atoms with van der Waals surface area (Å²) in [6.07, 6.45) is 3.19. The average Bonchev–Trinajstić information content (AvgIpc) is 2.73. The third-order valence-corrected chi connectivity index (χ3v) is 3.56. The van der Waals surface area contributed by atoms with E-state index >= 15 is 0 Å². The van der Waals surface area contributed by atoms with Gasteiger partial charge in [0.05, 0.1) is 0 Å². The molecule has 1 heterocycles. The molecule has 0 aliphatic heterocycles. The highest BCUT2D eigenvalue weighted by molar-refractivity contribution is 6.31. The number of nitrogens with one attached hydrogen (secondary N) is 1. The summed E-state index contributed by atoms with van der Waals surface area (Å²) in [5.41, 5.74) is 2.51. The molecule has 1 aromatic heterocycles. The monoisotopic (exact) mass is 250 g/mol. The van der Waals surface area contributed by atoms with E-state index in [1.807, 2.05) is 12.1 Å². The number of H-pyrrole nitrogens is 1.